The van der Waals surface area contributed by atoms with Crippen molar-refractivity contribution in [3.8, 4) is 0 Å². The summed E-state index contributed by atoms with van der Waals surface area (Å²) in [5, 5.41) is 12.2. The number of benzene rings is 1. The maximum absolute atomic E-state index is 14.9. The first kappa shape index (κ1) is 33.0. The number of carbonyl (C=O) groups excluding carboxylic acids is 5. The molecule has 1 aliphatic heterocycles. The summed E-state index contributed by atoms with van der Waals surface area (Å²) in [7, 11) is 1.46. The lowest BCUT2D eigenvalue weighted by Crippen LogP contribution is -2.79. The number of carbonyl (C=O) groups is 5. The van der Waals surface area contributed by atoms with Crippen LogP contribution in [-0.2, 0) is 45.1 Å². The Morgan fingerprint density at radius 3 is 2.20 bits per heavy atom. The van der Waals surface area contributed by atoms with Crippen molar-refractivity contribution < 1.29 is 52.8 Å². The molecule has 5 rings (SSSR count). The Labute approximate surface area is 264 Å². The van der Waals surface area contributed by atoms with Gasteiger partial charge in [-0.05, 0) is 44.4 Å². The highest BCUT2D eigenvalue weighted by Gasteiger charge is 2.84. The molecule has 13 nitrogen and oxygen atoms in total. The van der Waals surface area contributed by atoms with Crippen molar-refractivity contribution in [2.45, 2.75) is 76.7 Å². The molecule has 246 valence electrons. The number of hydrogen-bond acceptors (Lipinski definition) is 12. The first-order valence-electron chi connectivity index (χ1n) is 14.9. The summed E-state index contributed by atoms with van der Waals surface area (Å²) >= 11 is 0. The summed E-state index contributed by atoms with van der Waals surface area (Å²) in [5.41, 5.74) is -5.52. The predicted octanol–water partition coefficient (Wildman–Crippen LogP) is 1.76. The highest BCUT2D eigenvalue weighted by Crippen LogP contribution is 2.66. The molecule has 2 aliphatic carbocycles. The Balaban J connectivity index is 1.66. The molecule has 2 saturated carbocycles. The van der Waals surface area contributed by atoms with Crippen molar-refractivity contribution in [1.82, 2.24) is 4.57 Å². The molecule has 8 atom stereocenters. The minimum Gasteiger partial charge on any atom is -0.465 e. The van der Waals surface area contributed by atoms with E-state index < -0.39 is 89.1 Å². The molecular weight excluding hydrogens is 602 g/mol. The third-order valence-electron chi connectivity index (χ3n) is 9.50. The number of ether oxygens (including phenoxy) is 5. The third kappa shape index (κ3) is 5.11. The van der Waals surface area contributed by atoms with E-state index in [9.17, 15) is 33.9 Å². The van der Waals surface area contributed by atoms with Crippen LogP contribution >= 0.6 is 0 Å². The molecule has 1 saturated heterocycles. The van der Waals surface area contributed by atoms with E-state index in [1.807, 2.05) is 0 Å². The number of aliphatic hydroxyl groups is 1. The van der Waals surface area contributed by atoms with Crippen molar-refractivity contribution in [2.24, 2.45) is 24.3 Å². The number of nitrogens with zero attached hydrogens (tertiary/aromatic N) is 1. The highest BCUT2D eigenvalue weighted by molar-refractivity contribution is 5.98. The fraction of sp³-hybridized carbons (Fsp3) is 0.515. The maximum atomic E-state index is 14.9. The smallest absolute Gasteiger partial charge is 0.339 e. The van der Waals surface area contributed by atoms with Crippen LogP contribution in [0.1, 0.15) is 61.8 Å². The van der Waals surface area contributed by atoms with E-state index in [4.69, 9.17) is 23.7 Å². The quantitative estimate of drug-likeness (QED) is 0.344. The minimum atomic E-state index is -2.24. The predicted molar refractivity (Wildman–Crippen MR) is 157 cm³/mol. The number of Topliss-reactive ketones (excluding diaryl/α,β-unsaturated/α-hetero) is 1. The van der Waals surface area contributed by atoms with E-state index in [2.05, 4.69) is 0 Å². The summed E-state index contributed by atoms with van der Waals surface area (Å²) < 4.78 is 30.9. The standard InChI is InChI=1S/C33H37NO12/c1-17-14-22(44-30(41)21-12-13-23(37)34(6)15-21)26(38)32(16-42-18(2)35)27(39)25(45-29(40)20-10-8-7-9-11-20)24-28(43-19(3)36)33(17,32)46-31(24,4)5/h7-13,15,17,22,24-26,28,38H,14,16H2,1-6H3/t17-,22+,24-,25+,26+,28-,32+,33-/m1/s1. The summed E-state index contributed by atoms with van der Waals surface area (Å²) in [6.45, 7) is 6.55. The van der Waals surface area contributed by atoms with Crippen molar-refractivity contribution >= 4 is 29.7 Å². The lowest BCUT2D eigenvalue weighted by molar-refractivity contribution is -0.283. The van der Waals surface area contributed by atoms with E-state index in [1.54, 1.807) is 39.0 Å². The van der Waals surface area contributed by atoms with Crippen LogP contribution < -0.4 is 5.56 Å². The second kappa shape index (κ2) is 11.8. The molecule has 3 aliphatic rings. The van der Waals surface area contributed by atoms with Gasteiger partial charge in [0.15, 0.2) is 11.9 Å². The van der Waals surface area contributed by atoms with Crippen LogP contribution in [0.3, 0.4) is 0 Å². The fourth-order valence-corrected chi connectivity index (χ4v) is 7.58. The number of rotatable bonds is 7. The first-order valence-corrected chi connectivity index (χ1v) is 14.9. The number of esters is 4. The number of aromatic nitrogens is 1. The van der Waals surface area contributed by atoms with E-state index in [0.29, 0.717) is 0 Å². The molecule has 2 aromatic rings. The molecule has 0 radical (unpaired) electrons. The zero-order valence-corrected chi connectivity index (χ0v) is 26.4. The van der Waals surface area contributed by atoms with Gasteiger partial charge in [-0.1, -0.05) is 25.1 Å². The van der Waals surface area contributed by atoms with Gasteiger partial charge in [-0.25, -0.2) is 9.59 Å². The molecule has 0 unspecified atom stereocenters. The number of fused-ring (bicyclic) bond motifs is 1. The lowest BCUT2D eigenvalue weighted by Gasteiger charge is -2.60. The summed E-state index contributed by atoms with van der Waals surface area (Å²) in [6, 6.07) is 10.4. The largest absolute Gasteiger partial charge is 0.465 e. The van der Waals surface area contributed by atoms with E-state index >= 15 is 0 Å². The lowest BCUT2D eigenvalue weighted by atomic mass is 9.48. The molecule has 3 fully saturated rings. The Morgan fingerprint density at radius 2 is 1.59 bits per heavy atom. The average molecular weight is 640 g/mol. The number of ketones is 1. The van der Waals surface area contributed by atoms with Gasteiger partial charge in [-0.15, -0.1) is 0 Å². The Morgan fingerprint density at radius 1 is 0.935 bits per heavy atom. The fourth-order valence-electron chi connectivity index (χ4n) is 7.58. The summed E-state index contributed by atoms with van der Waals surface area (Å²) in [5.74, 6) is -5.86. The molecule has 1 aromatic carbocycles. The van der Waals surface area contributed by atoms with Crippen LogP contribution in [0.4, 0.5) is 0 Å². The Kier molecular flexibility index (Phi) is 8.45. The highest BCUT2D eigenvalue weighted by atomic mass is 16.6. The second-order valence-corrected chi connectivity index (χ2v) is 12.8. The van der Waals surface area contributed by atoms with Gasteiger partial charge in [0.1, 0.15) is 35.9 Å². The Bertz CT molecular complexity index is 1630. The zero-order chi connectivity index (χ0) is 33.8. The molecule has 1 N–H and O–H groups in total. The van der Waals surface area contributed by atoms with Gasteiger partial charge >= 0.3 is 23.9 Å². The normalized spacial score (nSPS) is 32.5. The van der Waals surface area contributed by atoms with Crippen LogP contribution in [0.2, 0.25) is 0 Å². The van der Waals surface area contributed by atoms with E-state index in [0.717, 1.165) is 6.92 Å². The summed E-state index contributed by atoms with van der Waals surface area (Å²) in [6.07, 6.45) is -4.93. The van der Waals surface area contributed by atoms with Gasteiger partial charge < -0.3 is 33.4 Å². The van der Waals surface area contributed by atoms with E-state index in [-0.39, 0.29) is 23.1 Å². The van der Waals surface area contributed by atoms with Gasteiger partial charge in [-0.3, -0.25) is 19.2 Å². The van der Waals surface area contributed by atoms with Gasteiger partial charge in [0.05, 0.1) is 22.6 Å². The topological polar surface area (TPSA) is 174 Å². The van der Waals surface area contributed by atoms with Crippen molar-refractivity contribution in [3.05, 3.63) is 70.1 Å². The van der Waals surface area contributed by atoms with Crippen LogP contribution in [0.25, 0.3) is 0 Å². The second-order valence-electron chi connectivity index (χ2n) is 12.8. The molecule has 0 amide bonds. The molecule has 1 aromatic heterocycles. The molecule has 2 heterocycles. The number of aliphatic hydroxyl groups excluding tert-OH is 1. The molecule has 2 bridgehead atoms. The van der Waals surface area contributed by atoms with Crippen molar-refractivity contribution in [3.63, 3.8) is 0 Å². The van der Waals surface area contributed by atoms with Crippen LogP contribution in [0.15, 0.2) is 53.5 Å². The molecule has 1 spiro atoms. The zero-order valence-electron chi connectivity index (χ0n) is 26.4. The summed E-state index contributed by atoms with van der Waals surface area (Å²) in [4.78, 5) is 78.4. The molecule has 46 heavy (non-hydrogen) atoms. The van der Waals surface area contributed by atoms with Crippen molar-refractivity contribution in [1.29, 1.82) is 0 Å². The minimum absolute atomic E-state index is 0.0111. The monoisotopic (exact) mass is 639 g/mol. The number of pyridine rings is 1. The van der Waals surface area contributed by atoms with Gasteiger partial charge in [0.25, 0.3) is 0 Å². The van der Waals surface area contributed by atoms with Gasteiger partial charge in [0, 0.05) is 33.2 Å². The van der Waals surface area contributed by atoms with Crippen molar-refractivity contribution in [2.75, 3.05) is 6.61 Å². The third-order valence-corrected chi connectivity index (χ3v) is 9.50. The maximum Gasteiger partial charge on any atom is 0.339 e. The number of hydrogen-bond donors (Lipinski definition) is 1. The van der Waals surface area contributed by atoms with Crippen LogP contribution in [0.5, 0.6) is 0 Å². The SMILES string of the molecule is CC(=O)OC[C@]12C(=O)[C@@H](OC(=O)c3ccccc3)[C@@H]3[C@@H](OC(C)=O)[C@]1(OC3(C)C)[C@H](C)C[C@H](OC(=O)c1ccc(=O)n(C)c1)[C@@H]2O. The van der Waals surface area contributed by atoms with Gasteiger partial charge in [0.2, 0.25) is 5.56 Å². The van der Waals surface area contributed by atoms with Crippen LogP contribution in [0, 0.1) is 17.3 Å². The first-order chi connectivity index (χ1) is 21.6. The number of aryl methyl sites for hydroxylation is 1. The molecule has 13 heteroatoms. The van der Waals surface area contributed by atoms with Crippen LogP contribution in [-0.4, -0.2) is 81.6 Å². The Hall–Kier alpha value is -4.36. The van der Waals surface area contributed by atoms with E-state index in [1.165, 1.54) is 49.0 Å². The average Bonchev–Trinajstić information content (AvgIpc) is 3.18. The van der Waals surface area contributed by atoms with Gasteiger partial charge in [-0.2, -0.15) is 0 Å². The molecular formula is C33H37NO12.